The molecule has 0 spiro atoms. The molecule has 1 rings (SSSR count). The van der Waals surface area contributed by atoms with E-state index in [9.17, 15) is 30.3 Å². The molecule has 0 radical (unpaired) electrons. The lowest BCUT2D eigenvalue weighted by Crippen LogP contribution is -2.60. The fourth-order valence-corrected chi connectivity index (χ4v) is 7.52. The van der Waals surface area contributed by atoms with Crippen molar-refractivity contribution in [3.05, 3.63) is 12.2 Å². The fraction of sp³-hybridized carbons (Fsp3) is 0.935. The summed E-state index contributed by atoms with van der Waals surface area (Å²) in [7, 11) is 0. The third-order valence-electron chi connectivity index (χ3n) is 11.3. The van der Waals surface area contributed by atoms with Gasteiger partial charge in [0.05, 0.1) is 25.4 Å². The summed E-state index contributed by atoms with van der Waals surface area (Å²) in [6, 6.07) is -0.799. The molecule has 9 nitrogen and oxygen atoms in total. The maximum absolute atomic E-state index is 12.9. The SMILES string of the molecule is CCCCCCCCCCCCCCCCCCCCCCC(=O)NC(COC1OC(CO)C(O)C(O)C1O)C(O)C=CCCCCCCCCCC(C)C. The summed E-state index contributed by atoms with van der Waals surface area (Å²) >= 11 is 0. The molecule has 0 bridgehead atoms. The Morgan fingerprint density at radius 2 is 1.11 bits per heavy atom. The maximum atomic E-state index is 12.9. The molecule has 0 aromatic heterocycles. The summed E-state index contributed by atoms with van der Waals surface area (Å²) in [5.74, 6) is 0.605. The summed E-state index contributed by atoms with van der Waals surface area (Å²) in [5.41, 5.74) is 0. The normalized spacial score (nSPS) is 21.4. The summed E-state index contributed by atoms with van der Waals surface area (Å²) in [6.45, 7) is 6.08. The summed E-state index contributed by atoms with van der Waals surface area (Å²) < 4.78 is 11.2. The number of unbranched alkanes of at least 4 members (excludes halogenated alkanes) is 26. The van der Waals surface area contributed by atoms with Crippen molar-refractivity contribution in [1.82, 2.24) is 5.32 Å². The Labute approximate surface area is 337 Å². The monoisotopic (exact) mass is 784 g/mol. The zero-order valence-electron chi connectivity index (χ0n) is 35.9. The summed E-state index contributed by atoms with van der Waals surface area (Å²) in [4.78, 5) is 12.9. The molecular weight excluding hydrogens is 695 g/mol. The zero-order valence-corrected chi connectivity index (χ0v) is 35.9. The molecular formula is C46H89NO8. The predicted molar refractivity (Wildman–Crippen MR) is 226 cm³/mol. The molecule has 1 aliphatic rings. The van der Waals surface area contributed by atoms with Crippen LogP contribution in [0, 0.1) is 5.92 Å². The average Bonchev–Trinajstić information content (AvgIpc) is 3.17. The highest BCUT2D eigenvalue weighted by Gasteiger charge is 2.44. The summed E-state index contributed by atoms with van der Waals surface area (Å²) in [5, 5.41) is 54.1. The molecule has 1 aliphatic heterocycles. The van der Waals surface area contributed by atoms with Gasteiger partial charge in [0.25, 0.3) is 0 Å². The Morgan fingerprint density at radius 3 is 1.58 bits per heavy atom. The van der Waals surface area contributed by atoms with Crippen molar-refractivity contribution in [2.75, 3.05) is 13.2 Å². The fourth-order valence-electron chi connectivity index (χ4n) is 7.52. The van der Waals surface area contributed by atoms with E-state index >= 15 is 0 Å². The number of hydrogen-bond acceptors (Lipinski definition) is 8. The molecule has 1 amide bonds. The number of carbonyl (C=O) groups is 1. The van der Waals surface area contributed by atoms with Gasteiger partial charge in [-0.25, -0.2) is 0 Å². The first-order chi connectivity index (χ1) is 26.7. The minimum absolute atomic E-state index is 0.175. The van der Waals surface area contributed by atoms with Crippen LogP contribution in [0.1, 0.15) is 213 Å². The van der Waals surface area contributed by atoms with Crippen molar-refractivity contribution < 1.29 is 39.8 Å². The molecule has 326 valence electrons. The van der Waals surface area contributed by atoms with E-state index in [2.05, 4.69) is 26.1 Å². The standard InChI is InChI=1S/C46H89NO8/c1-4-5-6-7-8-9-10-11-12-13-14-15-16-17-18-19-23-26-29-32-35-42(50)47-39(37-54-46-45(53)44(52)43(51)41(36-48)55-46)40(49)34-31-28-25-22-20-21-24-27-30-33-38(2)3/h31,34,38-41,43-46,48-49,51-53H,4-30,32-33,35-37H2,1-3H3,(H,47,50). The van der Waals surface area contributed by atoms with E-state index in [4.69, 9.17) is 9.47 Å². The molecule has 6 N–H and O–H groups in total. The van der Waals surface area contributed by atoms with Gasteiger partial charge in [-0.1, -0.05) is 200 Å². The van der Waals surface area contributed by atoms with Gasteiger partial charge in [0.2, 0.25) is 5.91 Å². The second-order valence-corrected chi connectivity index (χ2v) is 17.0. The van der Waals surface area contributed by atoms with Crippen molar-refractivity contribution in [3.63, 3.8) is 0 Å². The third kappa shape index (κ3) is 28.1. The van der Waals surface area contributed by atoms with Crippen LogP contribution in [0.3, 0.4) is 0 Å². The van der Waals surface area contributed by atoms with Gasteiger partial charge >= 0.3 is 0 Å². The Bertz CT molecular complexity index is 886. The topological polar surface area (TPSA) is 149 Å². The molecule has 7 atom stereocenters. The smallest absolute Gasteiger partial charge is 0.220 e. The number of aliphatic hydroxyl groups excluding tert-OH is 5. The highest BCUT2D eigenvalue weighted by atomic mass is 16.7. The van der Waals surface area contributed by atoms with E-state index in [1.165, 1.54) is 148 Å². The lowest BCUT2D eigenvalue weighted by Gasteiger charge is -2.40. The Balaban J connectivity index is 2.30. The Morgan fingerprint density at radius 1 is 0.655 bits per heavy atom. The van der Waals surface area contributed by atoms with Gasteiger partial charge in [-0.15, -0.1) is 0 Å². The van der Waals surface area contributed by atoms with Crippen LogP contribution >= 0.6 is 0 Å². The molecule has 7 unspecified atom stereocenters. The summed E-state index contributed by atoms with van der Waals surface area (Å²) in [6.07, 6.45) is 32.7. The maximum Gasteiger partial charge on any atom is 0.220 e. The van der Waals surface area contributed by atoms with Gasteiger partial charge < -0.3 is 40.3 Å². The van der Waals surface area contributed by atoms with Gasteiger partial charge in [-0.3, -0.25) is 4.79 Å². The number of rotatable bonds is 38. The van der Waals surface area contributed by atoms with Crippen LogP contribution in [0.5, 0.6) is 0 Å². The van der Waals surface area contributed by atoms with Crippen LogP contribution in [0.25, 0.3) is 0 Å². The first kappa shape index (κ1) is 51.9. The number of carbonyl (C=O) groups excluding carboxylic acids is 1. The number of allylic oxidation sites excluding steroid dienone is 1. The van der Waals surface area contributed by atoms with Crippen LogP contribution in [0.15, 0.2) is 12.2 Å². The van der Waals surface area contributed by atoms with Crippen LogP contribution in [0.4, 0.5) is 0 Å². The molecule has 0 aliphatic carbocycles. The largest absolute Gasteiger partial charge is 0.394 e. The number of nitrogens with one attached hydrogen (secondary N) is 1. The molecule has 1 heterocycles. The van der Waals surface area contributed by atoms with Crippen molar-refractivity contribution in [3.8, 4) is 0 Å². The number of hydrogen-bond donors (Lipinski definition) is 6. The van der Waals surface area contributed by atoms with E-state index < -0.39 is 49.5 Å². The van der Waals surface area contributed by atoms with E-state index in [0.29, 0.717) is 6.42 Å². The number of amides is 1. The van der Waals surface area contributed by atoms with Gasteiger partial charge in [0.1, 0.15) is 24.4 Å². The highest BCUT2D eigenvalue weighted by molar-refractivity contribution is 5.76. The lowest BCUT2D eigenvalue weighted by molar-refractivity contribution is -0.302. The van der Waals surface area contributed by atoms with Gasteiger partial charge in [0, 0.05) is 6.42 Å². The number of aliphatic hydroxyl groups is 5. The second kappa shape index (κ2) is 36.0. The van der Waals surface area contributed by atoms with Gasteiger partial charge in [-0.2, -0.15) is 0 Å². The minimum atomic E-state index is -1.56. The Hall–Kier alpha value is -1.07. The first-order valence-electron chi connectivity index (χ1n) is 23.3. The molecule has 0 saturated carbocycles. The average molecular weight is 784 g/mol. The van der Waals surface area contributed by atoms with Crippen molar-refractivity contribution in [2.24, 2.45) is 5.92 Å². The predicted octanol–water partition coefficient (Wildman–Crippen LogP) is 9.58. The number of ether oxygens (including phenoxy) is 2. The van der Waals surface area contributed by atoms with E-state index in [1.54, 1.807) is 6.08 Å². The minimum Gasteiger partial charge on any atom is -0.394 e. The Kier molecular flexibility index (Phi) is 34.0. The van der Waals surface area contributed by atoms with Crippen LogP contribution < -0.4 is 5.32 Å². The van der Waals surface area contributed by atoms with Crippen molar-refractivity contribution in [2.45, 2.75) is 256 Å². The quantitative estimate of drug-likeness (QED) is 0.0268. The molecule has 1 saturated heterocycles. The third-order valence-corrected chi connectivity index (χ3v) is 11.3. The molecule has 0 aromatic rings. The first-order valence-corrected chi connectivity index (χ1v) is 23.3. The second-order valence-electron chi connectivity index (χ2n) is 17.0. The molecule has 1 fully saturated rings. The van der Waals surface area contributed by atoms with Crippen LogP contribution in [0.2, 0.25) is 0 Å². The zero-order chi connectivity index (χ0) is 40.4. The van der Waals surface area contributed by atoms with Crippen LogP contribution in [-0.2, 0) is 14.3 Å². The van der Waals surface area contributed by atoms with Crippen molar-refractivity contribution in [1.29, 1.82) is 0 Å². The van der Waals surface area contributed by atoms with E-state index in [0.717, 1.165) is 44.4 Å². The van der Waals surface area contributed by atoms with E-state index in [-0.39, 0.29) is 12.5 Å². The highest BCUT2D eigenvalue weighted by Crippen LogP contribution is 2.23. The lowest BCUT2D eigenvalue weighted by atomic mass is 9.99. The van der Waals surface area contributed by atoms with Crippen molar-refractivity contribution >= 4 is 5.91 Å². The van der Waals surface area contributed by atoms with E-state index in [1.807, 2.05) is 6.08 Å². The molecule has 55 heavy (non-hydrogen) atoms. The molecule has 9 heteroatoms. The van der Waals surface area contributed by atoms with Crippen LogP contribution in [-0.4, -0.2) is 87.5 Å². The van der Waals surface area contributed by atoms with Gasteiger partial charge in [0.15, 0.2) is 6.29 Å². The van der Waals surface area contributed by atoms with Gasteiger partial charge in [-0.05, 0) is 25.2 Å². The molecule has 0 aromatic carbocycles.